The fourth-order valence-electron chi connectivity index (χ4n) is 3.28. The van der Waals surface area contributed by atoms with Crippen LogP contribution >= 0.6 is 0 Å². The quantitative estimate of drug-likeness (QED) is 0.540. The summed E-state index contributed by atoms with van der Waals surface area (Å²) in [6.45, 7) is 1.19. The number of hydrogen-bond acceptors (Lipinski definition) is 5. The number of hydrogen-bond donors (Lipinski definition) is 3. The normalized spacial score (nSPS) is 14.4. The molecule has 0 spiro atoms. The zero-order valence-electron chi connectivity index (χ0n) is 16.1. The van der Waals surface area contributed by atoms with E-state index in [0.717, 1.165) is 24.3 Å². The fourth-order valence-corrected chi connectivity index (χ4v) is 3.28. The highest BCUT2D eigenvalue weighted by molar-refractivity contribution is 6.03. The molecule has 8 nitrogen and oxygen atoms in total. The average Bonchev–Trinajstić information content (AvgIpc) is 3.20. The number of anilines is 1. The Balaban J connectivity index is 1.35. The van der Waals surface area contributed by atoms with Gasteiger partial charge in [-0.2, -0.15) is 0 Å². The van der Waals surface area contributed by atoms with E-state index in [1.165, 1.54) is 12.1 Å². The van der Waals surface area contributed by atoms with Crippen molar-refractivity contribution in [1.82, 2.24) is 15.3 Å². The van der Waals surface area contributed by atoms with Gasteiger partial charge in [0, 0.05) is 43.4 Å². The van der Waals surface area contributed by atoms with Gasteiger partial charge in [0.2, 0.25) is 11.8 Å². The van der Waals surface area contributed by atoms with Crippen molar-refractivity contribution in [3.63, 3.8) is 0 Å². The minimum absolute atomic E-state index is 0.0129. The molecule has 2 aromatic heterocycles. The van der Waals surface area contributed by atoms with Crippen molar-refractivity contribution >= 4 is 28.5 Å². The summed E-state index contributed by atoms with van der Waals surface area (Å²) < 4.78 is 25.4. The topological polar surface area (TPSA) is 105 Å². The number of ether oxygens (including phenoxy) is 2. The standard InChI is InChI=1S/C21H21FN4O4/c22-16-11-14(26-20(28)12-19(27)25-13-5-9-29-10-6-13)1-2-18(16)30-17-4-8-24-21-15(17)3-7-23-21/h1-4,7-8,11,13H,5-6,9-10,12H2,(H,23,24)(H,25,27)(H,26,28). The summed E-state index contributed by atoms with van der Waals surface area (Å²) in [6, 6.07) is 7.54. The Hall–Kier alpha value is -3.46. The molecule has 156 valence electrons. The van der Waals surface area contributed by atoms with E-state index >= 15 is 0 Å². The maximum absolute atomic E-state index is 14.5. The number of nitrogens with one attached hydrogen (secondary N) is 3. The van der Waals surface area contributed by atoms with Crippen molar-refractivity contribution in [2.45, 2.75) is 25.3 Å². The summed E-state index contributed by atoms with van der Waals surface area (Å²) in [5.74, 6) is -1.05. The minimum atomic E-state index is -0.639. The van der Waals surface area contributed by atoms with Gasteiger partial charge < -0.3 is 25.1 Å². The summed E-state index contributed by atoms with van der Waals surface area (Å²) in [7, 11) is 0. The fraction of sp³-hybridized carbons (Fsp3) is 0.286. The number of fused-ring (bicyclic) bond motifs is 1. The van der Waals surface area contributed by atoms with Gasteiger partial charge in [-0.05, 0) is 37.1 Å². The third kappa shape index (κ3) is 4.74. The largest absolute Gasteiger partial charge is 0.453 e. The van der Waals surface area contributed by atoms with Crippen molar-refractivity contribution in [2.24, 2.45) is 0 Å². The minimum Gasteiger partial charge on any atom is -0.453 e. The third-order valence-electron chi connectivity index (χ3n) is 4.76. The van der Waals surface area contributed by atoms with Crippen LogP contribution in [0.3, 0.4) is 0 Å². The number of benzene rings is 1. The van der Waals surface area contributed by atoms with Crippen LogP contribution in [0.4, 0.5) is 10.1 Å². The Morgan fingerprint density at radius 1 is 1.17 bits per heavy atom. The Morgan fingerprint density at radius 2 is 2.00 bits per heavy atom. The van der Waals surface area contributed by atoms with E-state index in [0.29, 0.717) is 24.6 Å². The van der Waals surface area contributed by atoms with Crippen LogP contribution < -0.4 is 15.4 Å². The second-order valence-corrected chi connectivity index (χ2v) is 6.98. The highest BCUT2D eigenvalue weighted by Gasteiger charge is 2.18. The third-order valence-corrected chi connectivity index (χ3v) is 4.76. The number of pyridine rings is 1. The molecule has 1 aromatic carbocycles. The van der Waals surface area contributed by atoms with Gasteiger partial charge in [0.05, 0.1) is 5.39 Å². The van der Waals surface area contributed by atoms with Crippen LogP contribution in [0, 0.1) is 5.82 Å². The molecule has 4 rings (SSSR count). The van der Waals surface area contributed by atoms with Gasteiger partial charge in [-0.15, -0.1) is 0 Å². The first kappa shape index (κ1) is 19.8. The molecule has 1 fully saturated rings. The van der Waals surface area contributed by atoms with Gasteiger partial charge >= 0.3 is 0 Å². The van der Waals surface area contributed by atoms with Crippen molar-refractivity contribution in [1.29, 1.82) is 0 Å². The molecule has 0 saturated carbocycles. The van der Waals surface area contributed by atoms with Gasteiger partial charge in [-0.25, -0.2) is 9.37 Å². The highest BCUT2D eigenvalue weighted by Crippen LogP contribution is 2.31. The molecule has 0 bridgehead atoms. The lowest BCUT2D eigenvalue weighted by Crippen LogP contribution is -2.40. The Bertz CT molecular complexity index is 1060. The first-order valence-electron chi connectivity index (χ1n) is 9.65. The van der Waals surface area contributed by atoms with Crippen LogP contribution in [0.25, 0.3) is 11.0 Å². The first-order valence-corrected chi connectivity index (χ1v) is 9.65. The molecular weight excluding hydrogens is 391 g/mol. The van der Waals surface area contributed by atoms with E-state index < -0.39 is 11.7 Å². The van der Waals surface area contributed by atoms with Crippen LogP contribution in [-0.2, 0) is 14.3 Å². The van der Waals surface area contributed by atoms with Crippen LogP contribution in [-0.4, -0.2) is 41.0 Å². The SMILES string of the molecule is O=C(CC(=O)NC1CCOCC1)Nc1ccc(Oc2ccnc3[nH]ccc23)c(F)c1. The Kier molecular flexibility index (Phi) is 5.89. The number of halogens is 1. The van der Waals surface area contributed by atoms with Crippen LogP contribution in [0.5, 0.6) is 11.5 Å². The lowest BCUT2D eigenvalue weighted by atomic mass is 10.1. The predicted octanol–water partition coefficient (Wildman–Crippen LogP) is 3.12. The van der Waals surface area contributed by atoms with Crippen LogP contribution in [0.1, 0.15) is 19.3 Å². The summed E-state index contributed by atoms with van der Waals surface area (Å²) >= 11 is 0. The number of nitrogens with zero attached hydrogens (tertiary/aromatic N) is 1. The van der Waals surface area contributed by atoms with E-state index in [4.69, 9.17) is 9.47 Å². The lowest BCUT2D eigenvalue weighted by molar-refractivity contribution is -0.127. The highest BCUT2D eigenvalue weighted by atomic mass is 19.1. The molecule has 3 N–H and O–H groups in total. The average molecular weight is 412 g/mol. The summed E-state index contributed by atoms with van der Waals surface area (Å²) in [6.07, 6.45) is 4.41. The zero-order chi connectivity index (χ0) is 20.9. The number of aromatic amines is 1. The molecule has 0 atom stereocenters. The van der Waals surface area contributed by atoms with E-state index in [9.17, 15) is 14.0 Å². The molecule has 0 unspecified atom stereocenters. The number of carbonyl (C=O) groups excluding carboxylic acids is 2. The molecule has 1 saturated heterocycles. The molecule has 3 heterocycles. The van der Waals surface area contributed by atoms with Crippen LogP contribution in [0.2, 0.25) is 0 Å². The number of carbonyl (C=O) groups is 2. The van der Waals surface area contributed by atoms with Crippen molar-refractivity contribution in [3.05, 3.63) is 48.5 Å². The van der Waals surface area contributed by atoms with Gasteiger partial charge in [-0.3, -0.25) is 9.59 Å². The molecule has 3 aromatic rings. The Labute approximate surface area is 171 Å². The second kappa shape index (κ2) is 8.91. The van der Waals surface area contributed by atoms with Gasteiger partial charge in [0.1, 0.15) is 17.8 Å². The van der Waals surface area contributed by atoms with Crippen molar-refractivity contribution < 1.29 is 23.5 Å². The van der Waals surface area contributed by atoms with Crippen molar-refractivity contribution in [3.8, 4) is 11.5 Å². The van der Waals surface area contributed by atoms with Gasteiger partial charge in [-0.1, -0.05) is 0 Å². The second-order valence-electron chi connectivity index (χ2n) is 6.98. The lowest BCUT2D eigenvalue weighted by Gasteiger charge is -2.22. The van der Waals surface area contributed by atoms with Crippen LogP contribution in [0.15, 0.2) is 42.7 Å². The monoisotopic (exact) mass is 412 g/mol. The van der Waals surface area contributed by atoms with Crippen molar-refractivity contribution in [2.75, 3.05) is 18.5 Å². The number of aromatic nitrogens is 2. The Morgan fingerprint density at radius 3 is 2.80 bits per heavy atom. The predicted molar refractivity (Wildman–Crippen MR) is 108 cm³/mol. The van der Waals surface area contributed by atoms with E-state index in [1.807, 2.05) is 0 Å². The number of amides is 2. The molecule has 1 aliphatic rings. The first-order chi connectivity index (χ1) is 14.6. The molecule has 0 radical (unpaired) electrons. The summed E-state index contributed by atoms with van der Waals surface area (Å²) in [5, 5.41) is 6.07. The summed E-state index contributed by atoms with van der Waals surface area (Å²) in [5.41, 5.74) is 0.876. The molecule has 0 aliphatic carbocycles. The number of H-pyrrole nitrogens is 1. The van der Waals surface area contributed by atoms with Gasteiger partial charge in [0.15, 0.2) is 11.6 Å². The molecular formula is C21H21FN4O4. The maximum atomic E-state index is 14.5. The van der Waals surface area contributed by atoms with E-state index in [-0.39, 0.29) is 29.8 Å². The number of rotatable bonds is 6. The van der Waals surface area contributed by atoms with Gasteiger partial charge in [0.25, 0.3) is 0 Å². The zero-order valence-corrected chi connectivity index (χ0v) is 16.1. The van der Waals surface area contributed by atoms with E-state index in [1.54, 1.807) is 24.5 Å². The maximum Gasteiger partial charge on any atom is 0.233 e. The smallest absolute Gasteiger partial charge is 0.233 e. The molecule has 9 heteroatoms. The summed E-state index contributed by atoms with van der Waals surface area (Å²) in [4.78, 5) is 31.2. The molecule has 1 aliphatic heterocycles. The van der Waals surface area contributed by atoms with E-state index in [2.05, 4.69) is 20.6 Å². The molecule has 30 heavy (non-hydrogen) atoms. The molecule has 2 amide bonds.